The standard InChI is InChI=1S/C11H13N3O2/c1-2-8-4-3-5-9(6-8)15-7-10-13-14-11(12)16-10/h3-6H,2,7H2,1H3,(H2,12,14). The average molecular weight is 219 g/mol. The van der Waals surface area contributed by atoms with Crippen molar-refractivity contribution < 1.29 is 9.15 Å². The van der Waals surface area contributed by atoms with Crippen molar-refractivity contribution in [3.63, 3.8) is 0 Å². The number of nitrogens with zero attached hydrogens (tertiary/aromatic N) is 2. The predicted octanol–water partition coefficient (Wildman–Crippen LogP) is 1.79. The van der Waals surface area contributed by atoms with Crippen LogP contribution in [-0.4, -0.2) is 10.2 Å². The van der Waals surface area contributed by atoms with Gasteiger partial charge in [-0.05, 0) is 24.1 Å². The average Bonchev–Trinajstić information content (AvgIpc) is 2.73. The van der Waals surface area contributed by atoms with Gasteiger partial charge in [0.1, 0.15) is 5.75 Å². The summed E-state index contributed by atoms with van der Waals surface area (Å²) in [7, 11) is 0. The van der Waals surface area contributed by atoms with E-state index in [0.29, 0.717) is 5.89 Å². The van der Waals surface area contributed by atoms with E-state index in [-0.39, 0.29) is 12.6 Å². The van der Waals surface area contributed by atoms with Crippen LogP contribution in [0.15, 0.2) is 28.7 Å². The number of aryl methyl sites for hydroxylation is 1. The van der Waals surface area contributed by atoms with E-state index >= 15 is 0 Å². The molecule has 0 bridgehead atoms. The molecule has 5 heteroatoms. The second kappa shape index (κ2) is 4.65. The third-order valence-corrected chi connectivity index (χ3v) is 2.15. The summed E-state index contributed by atoms with van der Waals surface area (Å²) < 4.78 is 10.5. The van der Waals surface area contributed by atoms with E-state index in [1.54, 1.807) is 0 Å². The van der Waals surface area contributed by atoms with Crippen LogP contribution in [0.1, 0.15) is 18.4 Å². The van der Waals surface area contributed by atoms with E-state index in [2.05, 4.69) is 23.2 Å². The molecule has 0 aliphatic rings. The first kappa shape index (κ1) is 10.5. The van der Waals surface area contributed by atoms with Crippen LogP contribution in [0.5, 0.6) is 5.75 Å². The van der Waals surface area contributed by atoms with Gasteiger partial charge in [-0.15, -0.1) is 5.10 Å². The van der Waals surface area contributed by atoms with Gasteiger partial charge in [-0.25, -0.2) is 0 Å². The molecule has 0 amide bonds. The Morgan fingerprint density at radius 1 is 1.38 bits per heavy atom. The maximum absolute atomic E-state index is 5.50. The molecule has 0 atom stereocenters. The number of ether oxygens (including phenoxy) is 1. The summed E-state index contributed by atoms with van der Waals surface area (Å²) >= 11 is 0. The van der Waals surface area contributed by atoms with Crippen LogP contribution in [0.25, 0.3) is 0 Å². The molecular weight excluding hydrogens is 206 g/mol. The SMILES string of the molecule is CCc1cccc(OCc2nnc(N)o2)c1. The molecule has 2 rings (SSSR count). The molecule has 0 aliphatic heterocycles. The van der Waals surface area contributed by atoms with Crippen molar-refractivity contribution in [3.8, 4) is 5.75 Å². The number of hydrogen-bond donors (Lipinski definition) is 1. The van der Waals surface area contributed by atoms with Crippen LogP contribution in [0.2, 0.25) is 0 Å². The Morgan fingerprint density at radius 2 is 2.25 bits per heavy atom. The second-order valence-electron chi connectivity index (χ2n) is 3.32. The van der Waals surface area contributed by atoms with Gasteiger partial charge in [0, 0.05) is 0 Å². The van der Waals surface area contributed by atoms with E-state index in [4.69, 9.17) is 14.9 Å². The molecule has 0 saturated carbocycles. The van der Waals surface area contributed by atoms with Crippen LogP contribution in [0.4, 0.5) is 6.01 Å². The minimum absolute atomic E-state index is 0.0564. The van der Waals surface area contributed by atoms with E-state index in [1.807, 2.05) is 18.2 Å². The monoisotopic (exact) mass is 219 g/mol. The fraction of sp³-hybridized carbons (Fsp3) is 0.273. The summed E-state index contributed by atoms with van der Waals surface area (Å²) in [6.45, 7) is 2.33. The van der Waals surface area contributed by atoms with Crippen LogP contribution in [0, 0.1) is 0 Å². The zero-order valence-electron chi connectivity index (χ0n) is 9.01. The van der Waals surface area contributed by atoms with Crippen LogP contribution < -0.4 is 10.5 Å². The summed E-state index contributed by atoms with van der Waals surface area (Å²) in [6, 6.07) is 7.94. The Labute approximate surface area is 93.2 Å². The molecule has 0 unspecified atom stereocenters. The quantitative estimate of drug-likeness (QED) is 0.848. The zero-order valence-corrected chi connectivity index (χ0v) is 9.01. The molecule has 0 spiro atoms. The minimum atomic E-state index is 0.0564. The number of benzene rings is 1. The Morgan fingerprint density at radius 3 is 2.94 bits per heavy atom. The summed E-state index contributed by atoms with van der Waals surface area (Å²) in [4.78, 5) is 0. The van der Waals surface area contributed by atoms with Gasteiger partial charge in [-0.3, -0.25) is 0 Å². The second-order valence-corrected chi connectivity index (χ2v) is 3.32. The fourth-order valence-electron chi connectivity index (χ4n) is 1.33. The van der Waals surface area contributed by atoms with Crippen molar-refractivity contribution in [1.29, 1.82) is 0 Å². The van der Waals surface area contributed by atoms with Gasteiger partial charge >= 0.3 is 6.01 Å². The highest BCUT2D eigenvalue weighted by Gasteiger charge is 2.03. The van der Waals surface area contributed by atoms with E-state index in [9.17, 15) is 0 Å². The first-order chi connectivity index (χ1) is 7.78. The molecule has 16 heavy (non-hydrogen) atoms. The third kappa shape index (κ3) is 2.50. The minimum Gasteiger partial charge on any atom is -0.484 e. The molecule has 0 saturated heterocycles. The topological polar surface area (TPSA) is 74.2 Å². The number of nitrogen functional groups attached to an aromatic ring is 1. The van der Waals surface area contributed by atoms with Gasteiger partial charge in [0.25, 0.3) is 5.89 Å². The molecule has 2 aromatic rings. The predicted molar refractivity (Wildman–Crippen MR) is 58.9 cm³/mol. The molecule has 1 heterocycles. The maximum atomic E-state index is 5.50. The molecular formula is C11H13N3O2. The van der Waals surface area contributed by atoms with Crippen LogP contribution >= 0.6 is 0 Å². The number of hydrogen-bond acceptors (Lipinski definition) is 5. The van der Waals surface area contributed by atoms with Crippen LogP contribution in [0.3, 0.4) is 0 Å². The van der Waals surface area contributed by atoms with Crippen molar-refractivity contribution in [2.75, 3.05) is 5.73 Å². The first-order valence-corrected chi connectivity index (χ1v) is 5.07. The number of aromatic nitrogens is 2. The highest BCUT2D eigenvalue weighted by atomic mass is 16.5. The third-order valence-electron chi connectivity index (χ3n) is 2.15. The van der Waals surface area contributed by atoms with Crippen LogP contribution in [-0.2, 0) is 13.0 Å². The van der Waals surface area contributed by atoms with E-state index < -0.39 is 0 Å². The number of anilines is 1. The van der Waals surface area contributed by atoms with Crippen molar-refractivity contribution in [2.24, 2.45) is 0 Å². The molecule has 84 valence electrons. The zero-order chi connectivity index (χ0) is 11.4. The van der Waals surface area contributed by atoms with Gasteiger partial charge in [-0.1, -0.05) is 24.2 Å². The lowest BCUT2D eigenvalue weighted by molar-refractivity contribution is 0.265. The first-order valence-electron chi connectivity index (χ1n) is 5.07. The lowest BCUT2D eigenvalue weighted by Gasteiger charge is -2.04. The number of rotatable bonds is 4. The lowest BCUT2D eigenvalue weighted by atomic mass is 10.2. The lowest BCUT2D eigenvalue weighted by Crippen LogP contribution is -1.96. The van der Waals surface area contributed by atoms with Gasteiger partial charge in [0.05, 0.1) is 0 Å². The maximum Gasteiger partial charge on any atom is 0.312 e. The van der Waals surface area contributed by atoms with Gasteiger partial charge in [0.2, 0.25) is 0 Å². The summed E-state index contributed by atoms with van der Waals surface area (Å²) in [5.41, 5.74) is 6.52. The molecule has 0 radical (unpaired) electrons. The van der Waals surface area contributed by atoms with Gasteiger partial charge in [-0.2, -0.15) is 0 Å². The molecule has 1 aromatic carbocycles. The van der Waals surface area contributed by atoms with Gasteiger partial charge < -0.3 is 14.9 Å². The Kier molecular flexibility index (Phi) is 3.05. The highest BCUT2D eigenvalue weighted by molar-refractivity contribution is 5.28. The largest absolute Gasteiger partial charge is 0.484 e. The normalized spacial score (nSPS) is 10.3. The smallest absolute Gasteiger partial charge is 0.312 e. The molecule has 0 aliphatic carbocycles. The van der Waals surface area contributed by atoms with Gasteiger partial charge in [0.15, 0.2) is 6.61 Å². The Bertz CT molecular complexity index is 468. The van der Waals surface area contributed by atoms with Crippen molar-refractivity contribution in [2.45, 2.75) is 20.0 Å². The summed E-state index contributed by atoms with van der Waals surface area (Å²) in [5.74, 6) is 1.16. The summed E-state index contributed by atoms with van der Waals surface area (Å²) in [5, 5.41) is 7.25. The number of nitrogens with two attached hydrogens (primary N) is 1. The summed E-state index contributed by atoms with van der Waals surface area (Å²) in [6.07, 6.45) is 0.977. The molecule has 0 fully saturated rings. The van der Waals surface area contributed by atoms with E-state index in [0.717, 1.165) is 12.2 Å². The van der Waals surface area contributed by atoms with Crippen molar-refractivity contribution in [3.05, 3.63) is 35.7 Å². The molecule has 5 nitrogen and oxygen atoms in total. The molecule has 1 aromatic heterocycles. The van der Waals surface area contributed by atoms with Crippen molar-refractivity contribution in [1.82, 2.24) is 10.2 Å². The fourth-order valence-corrected chi connectivity index (χ4v) is 1.33. The van der Waals surface area contributed by atoms with Crippen molar-refractivity contribution >= 4 is 6.01 Å². The Hall–Kier alpha value is -2.04. The highest BCUT2D eigenvalue weighted by Crippen LogP contribution is 2.15. The van der Waals surface area contributed by atoms with E-state index in [1.165, 1.54) is 5.56 Å². The molecule has 2 N–H and O–H groups in total. The Balaban J connectivity index is 1.99.